The normalized spacial score (nSPS) is 16.1. The van der Waals surface area contributed by atoms with Gasteiger partial charge in [-0.3, -0.25) is 14.6 Å². The summed E-state index contributed by atoms with van der Waals surface area (Å²) in [6, 6.07) is 11.4. The summed E-state index contributed by atoms with van der Waals surface area (Å²) < 4.78 is 5.15. The summed E-state index contributed by atoms with van der Waals surface area (Å²) >= 11 is 1.63. The molecule has 3 aromatic rings. The van der Waals surface area contributed by atoms with Crippen molar-refractivity contribution < 1.29 is 14.3 Å². The molecule has 1 aliphatic heterocycles. The van der Waals surface area contributed by atoms with Crippen molar-refractivity contribution in [2.24, 2.45) is 5.92 Å². The Labute approximate surface area is 173 Å². The summed E-state index contributed by atoms with van der Waals surface area (Å²) in [6.45, 7) is 0.765. The van der Waals surface area contributed by atoms with Crippen molar-refractivity contribution in [3.8, 4) is 16.9 Å². The molecule has 1 saturated heterocycles. The predicted octanol–water partition coefficient (Wildman–Crippen LogP) is 3.49. The summed E-state index contributed by atoms with van der Waals surface area (Å²) in [5.41, 5.74) is 3.85. The molecule has 1 unspecified atom stereocenters. The molecule has 29 heavy (non-hydrogen) atoms. The molecule has 0 aliphatic carbocycles. The van der Waals surface area contributed by atoms with E-state index in [0.29, 0.717) is 13.1 Å². The number of aromatic nitrogens is 1. The van der Waals surface area contributed by atoms with Crippen molar-refractivity contribution in [2.75, 3.05) is 18.6 Å². The van der Waals surface area contributed by atoms with Crippen LogP contribution < -0.4 is 15.0 Å². The van der Waals surface area contributed by atoms with Crippen molar-refractivity contribution in [1.82, 2.24) is 10.3 Å². The van der Waals surface area contributed by atoms with Gasteiger partial charge in [-0.25, -0.2) is 0 Å². The smallest absolute Gasteiger partial charge is 0.227 e. The van der Waals surface area contributed by atoms with E-state index in [0.717, 1.165) is 28.1 Å². The predicted molar refractivity (Wildman–Crippen MR) is 113 cm³/mol. The SMILES string of the molecule is COc1ccc(N2CC(C(=O)NCc3cncc(-c4ccsc4)c3)CC2=O)cc1. The number of carbonyl (C=O) groups is 2. The number of nitrogens with zero attached hydrogens (tertiary/aromatic N) is 2. The molecule has 3 heterocycles. The minimum atomic E-state index is -0.363. The van der Waals surface area contributed by atoms with Gasteiger partial charge in [0.25, 0.3) is 0 Å². The quantitative estimate of drug-likeness (QED) is 0.679. The lowest BCUT2D eigenvalue weighted by Crippen LogP contribution is -2.32. The maximum Gasteiger partial charge on any atom is 0.227 e. The van der Waals surface area contributed by atoms with E-state index in [-0.39, 0.29) is 24.2 Å². The maximum absolute atomic E-state index is 12.6. The number of nitrogens with one attached hydrogen (secondary N) is 1. The van der Waals surface area contributed by atoms with Crippen LogP contribution in [0.3, 0.4) is 0 Å². The van der Waals surface area contributed by atoms with Gasteiger partial charge in [-0.15, -0.1) is 0 Å². The number of amides is 2. The van der Waals surface area contributed by atoms with Gasteiger partial charge in [-0.2, -0.15) is 11.3 Å². The number of anilines is 1. The second kappa shape index (κ2) is 8.45. The molecule has 1 N–H and O–H groups in total. The van der Waals surface area contributed by atoms with Gasteiger partial charge >= 0.3 is 0 Å². The first-order chi connectivity index (χ1) is 14.1. The Morgan fingerprint density at radius 1 is 1.24 bits per heavy atom. The molecule has 0 spiro atoms. The minimum Gasteiger partial charge on any atom is -0.497 e. The summed E-state index contributed by atoms with van der Waals surface area (Å²) in [4.78, 5) is 31.0. The highest BCUT2D eigenvalue weighted by atomic mass is 32.1. The zero-order valence-electron chi connectivity index (χ0n) is 16.0. The fraction of sp³-hybridized carbons (Fsp3) is 0.227. The Morgan fingerprint density at radius 2 is 2.07 bits per heavy atom. The van der Waals surface area contributed by atoms with E-state index in [4.69, 9.17) is 4.74 Å². The van der Waals surface area contributed by atoms with E-state index in [2.05, 4.69) is 15.7 Å². The maximum atomic E-state index is 12.6. The third-order valence-corrected chi connectivity index (χ3v) is 5.68. The largest absolute Gasteiger partial charge is 0.497 e. The number of methoxy groups -OCH3 is 1. The molecule has 7 heteroatoms. The summed E-state index contributed by atoms with van der Waals surface area (Å²) in [6.07, 6.45) is 3.78. The molecule has 2 amide bonds. The van der Waals surface area contributed by atoms with Crippen LogP contribution in [0.2, 0.25) is 0 Å². The number of rotatable bonds is 6. The van der Waals surface area contributed by atoms with E-state index in [1.807, 2.05) is 48.0 Å². The number of benzene rings is 1. The molecule has 148 valence electrons. The molecule has 1 atom stereocenters. The van der Waals surface area contributed by atoms with Crippen LogP contribution in [0.4, 0.5) is 5.69 Å². The summed E-state index contributed by atoms with van der Waals surface area (Å²) in [5.74, 6) is 0.206. The second-order valence-corrected chi connectivity index (χ2v) is 7.70. The van der Waals surface area contributed by atoms with Crippen molar-refractivity contribution in [3.05, 3.63) is 65.1 Å². The topological polar surface area (TPSA) is 71.5 Å². The first kappa shape index (κ1) is 19.1. The van der Waals surface area contributed by atoms with Crippen LogP contribution in [0.5, 0.6) is 5.75 Å². The van der Waals surface area contributed by atoms with Gasteiger partial charge in [0.05, 0.1) is 13.0 Å². The first-order valence-electron chi connectivity index (χ1n) is 9.32. The molecule has 2 aromatic heterocycles. The number of thiophene rings is 1. The number of hydrogen-bond acceptors (Lipinski definition) is 5. The number of carbonyl (C=O) groups excluding carboxylic acids is 2. The van der Waals surface area contributed by atoms with Crippen LogP contribution in [-0.2, 0) is 16.1 Å². The van der Waals surface area contributed by atoms with Crippen molar-refractivity contribution >= 4 is 28.8 Å². The highest BCUT2D eigenvalue weighted by molar-refractivity contribution is 7.08. The van der Waals surface area contributed by atoms with Crippen LogP contribution in [0.1, 0.15) is 12.0 Å². The van der Waals surface area contributed by atoms with Crippen molar-refractivity contribution in [1.29, 1.82) is 0 Å². The fourth-order valence-corrected chi connectivity index (χ4v) is 4.06. The third-order valence-electron chi connectivity index (χ3n) is 5.00. The van der Waals surface area contributed by atoms with Gasteiger partial charge < -0.3 is 15.0 Å². The molecule has 1 aliphatic rings. The average Bonchev–Trinajstić information content (AvgIpc) is 3.42. The average molecular weight is 407 g/mol. The second-order valence-electron chi connectivity index (χ2n) is 6.92. The van der Waals surface area contributed by atoms with Crippen LogP contribution >= 0.6 is 11.3 Å². The highest BCUT2D eigenvalue weighted by Crippen LogP contribution is 2.27. The Kier molecular flexibility index (Phi) is 5.57. The van der Waals surface area contributed by atoms with Crippen LogP contribution in [0, 0.1) is 5.92 Å². The Morgan fingerprint density at radius 3 is 2.79 bits per heavy atom. The molecule has 1 fully saturated rings. The van der Waals surface area contributed by atoms with Gasteiger partial charge in [0, 0.05) is 43.2 Å². The molecule has 0 radical (unpaired) electrons. The Balaban J connectivity index is 1.37. The first-order valence-corrected chi connectivity index (χ1v) is 10.3. The van der Waals surface area contributed by atoms with E-state index in [1.165, 1.54) is 0 Å². The zero-order valence-corrected chi connectivity index (χ0v) is 16.8. The van der Waals surface area contributed by atoms with Crippen LogP contribution in [0.15, 0.2) is 59.6 Å². The Hall–Kier alpha value is -3.19. The fourth-order valence-electron chi connectivity index (χ4n) is 3.40. The monoisotopic (exact) mass is 407 g/mol. The van der Waals surface area contributed by atoms with Crippen LogP contribution in [-0.4, -0.2) is 30.5 Å². The van der Waals surface area contributed by atoms with Gasteiger partial charge in [0.2, 0.25) is 11.8 Å². The standard InChI is InChI=1S/C22H21N3O3S/c1-28-20-4-2-19(3-5-20)25-13-18(9-21(25)26)22(27)24-11-15-8-17(12-23-10-15)16-6-7-29-14-16/h2-8,10,12,14,18H,9,11,13H2,1H3,(H,24,27). The van der Waals surface area contributed by atoms with E-state index >= 15 is 0 Å². The number of hydrogen-bond donors (Lipinski definition) is 1. The van der Waals surface area contributed by atoms with E-state index < -0.39 is 0 Å². The molecular formula is C22H21N3O3S. The van der Waals surface area contributed by atoms with Crippen molar-refractivity contribution in [3.63, 3.8) is 0 Å². The zero-order chi connectivity index (χ0) is 20.2. The lowest BCUT2D eigenvalue weighted by atomic mass is 10.1. The van der Waals surface area contributed by atoms with Crippen molar-refractivity contribution in [2.45, 2.75) is 13.0 Å². The van der Waals surface area contributed by atoms with Gasteiger partial charge in [-0.1, -0.05) is 0 Å². The Bertz CT molecular complexity index is 1000. The number of ether oxygens (including phenoxy) is 1. The lowest BCUT2D eigenvalue weighted by molar-refractivity contribution is -0.126. The van der Waals surface area contributed by atoms with Crippen LogP contribution in [0.25, 0.3) is 11.1 Å². The number of pyridine rings is 1. The lowest BCUT2D eigenvalue weighted by Gasteiger charge is -2.17. The highest BCUT2D eigenvalue weighted by Gasteiger charge is 2.35. The molecule has 1 aromatic carbocycles. The molecular weight excluding hydrogens is 386 g/mol. The summed E-state index contributed by atoms with van der Waals surface area (Å²) in [5, 5.41) is 7.04. The van der Waals surface area contributed by atoms with Gasteiger partial charge in [-0.05, 0) is 58.3 Å². The third kappa shape index (κ3) is 4.30. The van der Waals surface area contributed by atoms with Gasteiger partial charge in [0.15, 0.2) is 0 Å². The molecule has 0 bridgehead atoms. The molecule has 4 rings (SSSR count). The molecule has 0 saturated carbocycles. The summed E-state index contributed by atoms with van der Waals surface area (Å²) in [7, 11) is 1.60. The molecule has 6 nitrogen and oxygen atoms in total. The van der Waals surface area contributed by atoms with E-state index in [1.54, 1.807) is 29.5 Å². The van der Waals surface area contributed by atoms with Gasteiger partial charge in [0.1, 0.15) is 5.75 Å². The minimum absolute atomic E-state index is 0.0450. The van der Waals surface area contributed by atoms with E-state index in [9.17, 15) is 9.59 Å².